The molecule has 0 saturated heterocycles. The van der Waals surface area contributed by atoms with E-state index in [4.69, 9.17) is 4.74 Å². The van der Waals surface area contributed by atoms with Gasteiger partial charge in [-0.05, 0) is 36.5 Å². The number of ether oxygens (including phenoxy) is 1. The first-order valence-electron chi connectivity index (χ1n) is 5.49. The molecule has 15 heavy (non-hydrogen) atoms. The van der Waals surface area contributed by atoms with E-state index in [1.807, 2.05) is 12.1 Å². The molecule has 0 aromatic heterocycles. The number of methoxy groups -OCH3 is 1. The third-order valence-electron chi connectivity index (χ3n) is 2.80. The highest BCUT2D eigenvalue weighted by Crippen LogP contribution is 2.17. The first-order valence-corrected chi connectivity index (χ1v) is 6.61. The zero-order chi connectivity index (χ0) is 11.1. The van der Waals surface area contributed by atoms with E-state index in [-0.39, 0.29) is 0 Å². The first-order chi connectivity index (χ1) is 7.30. The van der Waals surface area contributed by atoms with Crippen LogP contribution in [0.25, 0.3) is 0 Å². The average molecular weight is 271 g/mol. The van der Waals surface area contributed by atoms with Crippen LogP contribution in [0.1, 0.15) is 25.3 Å². The SMILES string of the molecule is CCC(CBr)CCc1ccc(OC)cc1. The second kappa shape index (κ2) is 6.89. The summed E-state index contributed by atoms with van der Waals surface area (Å²) in [6.45, 7) is 2.25. The fourth-order valence-electron chi connectivity index (χ4n) is 1.55. The van der Waals surface area contributed by atoms with Crippen LogP contribution in [-0.2, 0) is 6.42 Å². The van der Waals surface area contributed by atoms with Crippen molar-refractivity contribution in [3.8, 4) is 5.75 Å². The fraction of sp³-hybridized carbons (Fsp3) is 0.538. The third kappa shape index (κ3) is 4.25. The minimum absolute atomic E-state index is 0.798. The highest BCUT2D eigenvalue weighted by atomic mass is 79.9. The Labute approximate surface area is 101 Å². The molecular weight excluding hydrogens is 252 g/mol. The number of benzene rings is 1. The van der Waals surface area contributed by atoms with Crippen LogP contribution in [-0.4, -0.2) is 12.4 Å². The van der Waals surface area contributed by atoms with E-state index in [0.717, 1.165) is 23.4 Å². The Morgan fingerprint density at radius 1 is 1.27 bits per heavy atom. The topological polar surface area (TPSA) is 9.23 Å². The predicted octanol–water partition coefficient (Wildman–Crippen LogP) is 4.05. The quantitative estimate of drug-likeness (QED) is 0.709. The molecule has 0 aliphatic rings. The van der Waals surface area contributed by atoms with E-state index in [1.165, 1.54) is 18.4 Å². The highest BCUT2D eigenvalue weighted by Gasteiger charge is 2.04. The predicted molar refractivity (Wildman–Crippen MR) is 68.9 cm³/mol. The minimum atomic E-state index is 0.798. The number of aryl methyl sites for hydroxylation is 1. The third-order valence-corrected chi connectivity index (χ3v) is 3.71. The maximum absolute atomic E-state index is 5.13. The number of hydrogen-bond acceptors (Lipinski definition) is 1. The molecule has 0 heterocycles. The summed E-state index contributed by atoms with van der Waals surface area (Å²) in [5.74, 6) is 1.73. The molecule has 1 rings (SSSR count). The van der Waals surface area contributed by atoms with Gasteiger partial charge in [0.25, 0.3) is 0 Å². The zero-order valence-corrected chi connectivity index (χ0v) is 11.1. The van der Waals surface area contributed by atoms with Gasteiger partial charge in [-0.1, -0.05) is 41.4 Å². The van der Waals surface area contributed by atoms with Gasteiger partial charge in [-0.3, -0.25) is 0 Å². The van der Waals surface area contributed by atoms with Crippen LogP contribution in [0.4, 0.5) is 0 Å². The van der Waals surface area contributed by atoms with E-state index >= 15 is 0 Å². The Morgan fingerprint density at radius 3 is 2.40 bits per heavy atom. The van der Waals surface area contributed by atoms with Gasteiger partial charge >= 0.3 is 0 Å². The summed E-state index contributed by atoms with van der Waals surface area (Å²) in [6.07, 6.45) is 3.67. The van der Waals surface area contributed by atoms with E-state index in [2.05, 4.69) is 35.0 Å². The molecule has 1 aromatic carbocycles. The lowest BCUT2D eigenvalue weighted by Gasteiger charge is -2.10. The number of alkyl halides is 1. The van der Waals surface area contributed by atoms with E-state index in [1.54, 1.807) is 7.11 Å². The van der Waals surface area contributed by atoms with Crippen LogP contribution < -0.4 is 4.74 Å². The second-order valence-corrected chi connectivity index (χ2v) is 4.46. The van der Waals surface area contributed by atoms with Crippen molar-refractivity contribution in [2.24, 2.45) is 5.92 Å². The molecule has 0 saturated carbocycles. The largest absolute Gasteiger partial charge is 0.497 e. The van der Waals surface area contributed by atoms with Crippen molar-refractivity contribution in [1.82, 2.24) is 0 Å². The molecule has 0 bridgehead atoms. The molecule has 1 aromatic rings. The van der Waals surface area contributed by atoms with Gasteiger partial charge in [-0.2, -0.15) is 0 Å². The van der Waals surface area contributed by atoms with E-state index in [9.17, 15) is 0 Å². The van der Waals surface area contributed by atoms with Gasteiger partial charge in [0.1, 0.15) is 5.75 Å². The summed E-state index contributed by atoms with van der Waals surface area (Å²) in [5.41, 5.74) is 1.40. The van der Waals surface area contributed by atoms with Gasteiger partial charge in [0, 0.05) is 5.33 Å². The van der Waals surface area contributed by atoms with Crippen molar-refractivity contribution in [3.05, 3.63) is 29.8 Å². The lowest BCUT2D eigenvalue weighted by molar-refractivity contribution is 0.414. The van der Waals surface area contributed by atoms with Gasteiger partial charge in [0.15, 0.2) is 0 Å². The van der Waals surface area contributed by atoms with Crippen LogP contribution in [0.3, 0.4) is 0 Å². The van der Waals surface area contributed by atoms with Crippen molar-refractivity contribution in [1.29, 1.82) is 0 Å². The Kier molecular flexibility index (Phi) is 5.77. The summed E-state index contributed by atoms with van der Waals surface area (Å²) in [4.78, 5) is 0. The van der Waals surface area contributed by atoms with Crippen LogP contribution in [0.5, 0.6) is 5.75 Å². The zero-order valence-electron chi connectivity index (χ0n) is 9.50. The maximum Gasteiger partial charge on any atom is 0.118 e. The molecule has 1 unspecified atom stereocenters. The van der Waals surface area contributed by atoms with Crippen molar-refractivity contribution in [3.63, 3.8) is 0 Å². The lowest BCUT2D eigenvalue weighted by atomic mass is 9.99. The number of rotatable bonds is 6. The Balaban J connectivity index is 2.43. The normalized spacial score (nSPS) is 12.5. The molecule has 0 radical (unpaired) electrons. The molecule has 1 atom stereocenters. The first kappa shape index (κ1) is 12.6. The molecule has 0 aliphatic carbocycles. The van der Waals surface area contributed by atoms with Crippen LogP contribution in [0.2, 0.25) is 0 Å². The second-order valence-electron chi connectivity index (χ2n) is 3.82. The molecule has 0 spiro atoms. The highest BCUT2D eigenvalue weighted by molar-refractivity contribution is 9.09. The van der Waals surface area contributed by atoms with Gasteiger partial charge in [0.05, 0.1) is 7.11 Å². The summed E-state index contributed by atoms with van der Waals surface area (Å²) in [7, 11) is 1.70. The maximum atomic E-state index is 5.13. The Morgan fingerprint density at radius 2 is 1.93 bits per heavy atom. The molecule has 0 fully saturated rings. The smallest absolute Gasteiger partial charge is 0.118 e. The van der Waals surface area contributed by atoms with Crippen LogP contribution in [0, 0.1) is 5.92 Å². The summed E-state index contributed by atoms with van der Waals surface area (Å²) in [5, 5.41) is 1.11. The molecule has 0 aliphatic heterocycles. The number of halogens is 1. The van der Waals surface area contributed by atoms with Gasteiger partial charge in [-0.15, -0.1) is 0 Å². The van der Waals surface area contributed by atoms with Gasteiger partial charge in [0.2, 0.25) is 0 Å². The van der Waals surface area contributed by atoms with E-state index in [0.29, 0.717) is 0 Å². The Bertz CT molecular complexity index is 264. The molecule has 84 valence electrons. The standard InChI is InChI=1S/C13H19BrO/c1-3-11(10-14)4-5-12-6-8-13(15-2)9-7-12/h6-9,11H,3-5,10H2,1-2H3. The van der Waals surface area contributed by atoms with Crippen LogP contribution in [0.15, 0.2) is 24.3 Å². The van der Waals surface area contributed by atoms with Crippen molar-refractivity contribution >= 4 is 15.9 Å². The van der Waals surface area contributed by atoms with Crippen molar-refractivity contribution in [2.45, 2.75) is 26.2 Å². The van der Waals surface area contributed by atoms with Crippen molar-refractivity contribution in [2.75, 3.05) is 12.4 Å². The fourth-order valence-corrected chi connectivity index (χ4v) is 2.33. The van der Waals surface area contributed by atoms with Gasteiger partial charge < -0.3 is 4.74 Å². The average Bonchev–Trinajstić information content (AvgIpc) is 2.31. The summed E-state index contributed by atoms with van der Waals surface area (Å²) < 4.78 is 5.13. The van der Waals surface area contributed by atoms with Gasteiger partial charge in [-0.25, -0.2) is 0 Å². The molecule has 0 N–H and O–H groups in total. The van der Waals surface area contributed by atoms with E-state index < -0.39 is 0 Å². The molecule has 0 amide bonds. The molecule has 1 nitrogen and oxygen atoms in total. The number of hydrogen-bond donors (Lipinski definition) is 0. The Hall–Kier alpha value is -0.500. The van der Waals surface area contributed by atoms with Crippen molar-refractivity contribution < 1.29 is 4.74 Å². The van der Waals surface area contributed by atoms with Crippen LogP contribution >= 0.6 is 15.9 Å². The monoisotopic (exact) mass is 270 g/mol. The summed E-state index contributed by atoms with van der Waals surface area (Å²) in [6, 6.07) is 8.37. The lowest BCUT2D eigenvalue weighted by Crippen LogP contribution is -2.01. The molecule has 2 heteroatoms. The summed E-state index contributed by atoms with van der Waals surface area (Å²) >= 11 is 3.55. The molecular formula is C13H19BrO. The minimum Gasteiger partial charge on any atom is -0.497 e.